The Morgan fingerprint density at radius 2 is 1.32 bits per heavy atom. The molecule has 6 rings (SSSR count). The Morgan fingerprint density at radius 3 is 1.68 bits per heavy atom. The summed E-state index contributed by atoms with van der Waals surface area (Å²) in [6.07, 6.45) is 0.933. The van der Waals surface area contributed by atoms with Crippen LogP contribution >= 0.6 is 0 Å². The standard InChI is InChI=1S/C16H16N2O/c1-17(2)16(19)18-14-7-3-12(4-8-14)11-13-5-9-15(18)10-6-13/h3-10H,11H2,1-2H3. The Kier molecular flexibility index (Phi) is 2.75. The first-order valence-electron chi connectivity index (χ1n) is 6.34. The van der Waals surface area contributed by atoms with E-state index in [0.717, 1.165) is 17.8 Å². The third-order valence-corrected chi connectivity index (χ3v) is 3.37. The summed E-state index contributed by atoms with van der Waals surface area (Å²) in [7, 11) is 3.54. The minimum atomic E-state index is -0.0407. The molecule has 0 saturated carbocycles. The lowest BCUT2D eigenvalue weighted by Gasteiger charge is -2.27. The number of hydrogen-bond acceptors (Lipinski definition) is 1. The van der Waals surface area contributed by atoms with E-state index in [1.54, 1.807) is 23.9 Å². The van der Waals surface area contributed by atoms with Gasteiger partial charge in [0.1, 0.15) is 0 Å². The molecule has 0 spiro atoms. The molecule has 0 aromatic heterocycles. The molecular formula is C16H16N2O. The van der Waals surface area contributed by atoms with Gasteiger partial charge in [-0.05, 0) is 41.8 Å². The maximum Gasteiger partial charge on any atom is 0.328 e. The van der Waals surface area contributed by atoms with E-state index in [2.05, 4.69) is 24.3 Å². The number of hydrogen-bond donors (Lipinski definition) is 0. The molecule has 0 N–H and O–H groups in total. The van der Waals surface area contributed by atoms with Gasteiger partial charge >= 0.3 is 6.03 Å². The van der Waals surface area contributed by atoms with Gasteiger partial charge in [-0.15, -0.1) is 0 Å². The van der Waals surface area contributed by atoms with Gasteiger partial charge in [-0.25, -0.2) is 4.79 Å². The summed E-state index contributed by atoms with van der Waals surface area (Å²) in [6.45, 7) is 0. The van der Waals surface area contributed by atoms with E-state index in [-0.39, 0.29) is 6.03 Å². The van der Waals surface area contributed by atoms with Gasteiger partial charge in [0, 0.05) is 14.1 Å². The van der Waals surface area contributed by atoms with Gasteiger partial charge in [0.25, 0.3) is 0 Å². The third-order valence-electron chi connectivity index (χ3n) is 3.37. The molecule has 19 heavy (non-hydrogen) atoms. The minimum Gasteiger partial charge on any atom is -0.330 e. The maximum atomic E-state index is 12.4. The van der Waals surface area contributed by atoms with Crippen molar-refractivity contribution in [3.05, 3.63) is 59.7 Å². The quantitative estimate of drug-likeness (QED) is 0.704. The molecule has 0 fully saturated rings. The third kappa shape index (κ3) is 2.08. The zero-order valence-electron chi connectivity index (χ0n) is 11.1. The lowest BCUT2D eigenvalue weighted by Crippen LogP contribution is -2.36. The second kappa shape index (κ2) is 4.43. The number of carbonyl (C=O) groups excluding carboxylic acids is 1. The van der Waals surface area contributed by atoms with Crippen LogP contribution in [0.25, 0.3) is 0 Å². The van der Waals surface area contributed by atoms with Crippen molar-refractivity contribution in [2.45, 2.75) is 6.42 Å². The van der Waals surface area contributed by atoms with Crippen LogP contribution in [-0.2, 0) is 6.42 Å². The molecule has 0 aliphatic carbocycles. The molecule has 0 unspecified atom stereocenters. The van der Waals surface area contributed by atoms with E-state index in [9.17, 15) is 4.79 Å². The average molecular weight is 252 g/mol. The fraction of sp³-hybridized carbons (Fsp3) is 0.188. The monoisotopic (exact) mass is 252 g/mol. The van der Waals surface area contributed by atoms with Gasteiger partial charge in [-0.1, -0.05) is 24.3 Å². The van der Waals surface area contributed by atoms with E-state index in [0.29, 0.717) is 0 Å². The Bertz CT molecular complexity index is 554. The molecular weight excluding hydrogens is 236 g/mol. The molecule has 4 heterocycles. The minimum absolute atomic E-state index is 0.0407. The Labute approximate surface area is 113 Å². The second-order valence-electron chi connectivity index (χ2n) is 5.02. The number of benzene rings is 2. The second-order valence-corrected chi connectivity index (χ2v) is 5.02. The molecule has 2 aromatic rings. The Balaban J connectivity index is 2.18. The Hall–Kier alpha value is -2.29. The molecule has 0 saturated heterocycles. The fourth-order valence-corrected chi connectivity index (χ4v) is 2.33. The van der Waals surface area contributed by atoms with Crippen LogP contribution in [0.5, 0.6) is 0 Å². The predicted octanol–water partition coefficient (Wildman–Crippen LogP) is 3.41. The van der Waals surface area contributed by atoms with Crippen LogP contribution in [0.4, 0.5) is 16.2 Å². The first-order chi connectivity index (χ1) is 9.15. The topological polar surface area (TPSA) is 23.6 Å². The summed E-state index contributed by atoms with van der Waals surface area (Å²) in [4.78, 5) is 15.7. The molecule has 4 aliphatic heterocycles. The molecule has 4 bridgehead atoms. The van der Waals surface area contributed by atoms with Crippen LogP contribution < -0.4 is 4.90 Å². The summed E-state index contributed by atoms with van der Waals surface area (Å²) in [5.41, 5.74) is 4.32. The number of urea groups is 1. The maximum absolute atomic E-state index is 12.4. The van der Waals surface area contributed by atoms with Crippen molar-refractivity contribution in [3.8, 4) is 0 Å². The van der Waals surface area contributed by atoms with Crippen LogP contribution in [0.15, 0.2) is 48.5 Å². The first kappa shape index (κ1) is 11.8. The van der Waals surface area contributed by atoms with E-state index in [1.807, 2.05) is 24.3 Å². The number of carbonyl (C=O) groups is 1. The SMILES string of the molecule is CN(C)C(=O)N1c2ccc(cc2)Cc2ccc1cc2. The molecule has 96 valence electrons. The van der Waals surface area contributed by atoms with E-state index < -0.39 is 0 Å². The largest absolute Gasteiger partial charge is 0.330 e. The molecule has 3 heteroatoms. The zero-order chi connectivity index (χ0) is 13.4. The van der Waals surface area contributed by atoms with Gasteiger partial charge in [0.2, 0.25) is 0 Å². The summed E-state index contributed by atoms with van der Waals surface area (Å²) >= 11 is 0. The molecule has 3 nitrogen and oxygen atoms in total. The van der Waals surface area contributed by atoms with Crippen LogP contribution in [0.2, 0.25) is 0 Å². The first-order valence-corrected chi connectivity index (χ1v) is 6.34. The normalized spacial score (nSPS) is 12.6. The van der Waals surface area contributed by atoms with Crippen molar-refractivity contribution in [2.24, 2.45) is 0 Å². The highest BCUT2D eigenvalue weighted by molar-refractivity contribution is 5.99. The summed E-state index contributed by atoms with van der Waals surface area (Å²) < 4.78 is 0. The van der Waals surface area contributed by atoms with Gasteiger partial charge in [0.15, 0.2) is 0 Å². The van der Waals surface area contributed by atoms with Crippen molar-refractivity contribution >= 4 is 17.4 Å². The van der Waals surface area contributed by atoms with Crippen molar-refractivity contribution < 1.29 is 4.79 Å². The van der Waals surface area contributed by atoms with Crippen molar-refractivity contribution in [1.29, 1.82) is 0 Å². The lowest BCUT2D eigenvalue weighted by molar-refractivity contribution is 0.226. The van der Waals surface area contributed by atoms with E-state index >= 15 is 0 Å². The lowest BCUT2D eigenvalue weighted by atomic mass is 10.0. The molecule has 2 aromatic carbocycles. The van der Waals surface area contributed by atoms with Crippen LogP contribution in [0.3, 0.4) is 0 Å². The zero-order valence-corrected chi connectivity index (χ0v) is 11.1. The summed E-state index contributed by atoms with van der Waals surface area (Å²) in [5.74, 6) is 0. The fourth-order valence-electron chi connectivity index (χ4n) is 2.33. The van der Waals surface area contributed by atoms with Gasteiger partial charge in [-0.2, -0.15) is 0 Å². The van der Waals surface area contributed by atoms with Gasteiger partial charge < -0.3 is 4.90 Å². The number of anilines is 2. The number of amides is 2. The highest BCUT2D eigenvalue weighted by Gasteiger charge is 2.20. The van der Waals surface area contributed by atoms with Crippen molar-refractivity contribution in [3.63, 3.8) is 0 Å². The molecule has 2 amide bonds. The Morgan fingerprint density at radius 1 is 0.895 bits per heavy atom. The highest BCUT2D eigenvalue weighted by Crippen LogP contribution is 2.29. The van der Waals surface area contributed by atoms with E-state index in [1.165, 1.54) is 11.1 Å². The van der Waals surface area contributed by atoms with Crippen LogP contribution in [0.1, 0.15) is 11.1 Å². The molecule has 0 radical (unpaired) electrons. The average Bonchev–Trinajstić information content (AvgIpc) is 2.44. The molecule has 4 aliphatic rings. The number of nitrogens with zero attached hydrogens (tertiary/aromatic N) is 2. The molecule has 0 atom stereocenters. The van der Waals surface area contributed by atoms with Crippen LogP contribution in [0, 0.1) is 0 Å². The smallest absolute Gasteiger partial charge is 0.328 e. The predicted molar refractivity (Wildman–Crippen MR) is 76.9 cm³/mol. The van der Waals surface area contributed by atoms with Crippen molar-refractivity contribution in [1.82, 2.24) is 4.90 Å². The highest BCUT2D eigenvalue weighted by atomic mass is 16.2. The van der Waals surface area contributed by atoms with E-state index in [4.69, 9.17) is 0 Å². The summed E-state index contributed by atoms with van der Waals surface area (Å²) in [6, 6.07) is 16.3. The summed E-state index contributed by atoms with van der Waals surface area (Å²) in [5, 5.41) is 0. The number of rotatable bonds is 0. The van der Waals surface area contributed by atoms with Crippen LogP contribution in [-0.4, -0.2) is 25.0 Å². The van der Waals surface area contributed by atoms with Gasteiger partial charge in [0.05, 0.1) is 11.4 Å². The van der Waals surface area contributed by atoms with Gasteiger partial charge in [-0.3, -0.25) is 4.90 Å². The van der Waals surface area contributed by atoms with Crippen molar-refractivity contribution in [2.75, 3.05) is 19.0 Å².